The highest BCUT2D eigenvalue weighted by Crippen LogP contribution is 2.25. The molecule has 0 aliphatic heterocycles. The second kappa shape index (κ2) is 6.24. The highest BCUT2D eigenvalue weighted by Gasteiger charge is 2.12. The number of hydrogen-bond donors (Lipinski definition) is 0. The van der Waals surface area contributed by atoms with Gasteiger partial charge in [0, 0.05) is 35.6 Å². The van der Waals surface area contributed by atoms with Crippen LogP contribution in [0.5, 0.6) is 0 Å². The number of nitrogens with zero attached hydrogens (tertiary/aromatic N) is 3. The van der Waals surface area contributed by atoms with Crippen LogP contribution in [0.4, 0.5) is 0 Å². The number of aromatic nitrogens is 3. The molecule has 0 spiro atoms. The average Bonchev–Trinajstić information content (AvgIpc) is 2.53. The van der Waals surface area contributed by atoms with Gasteiger partial charge in [-0.2, -0.15) is 0 Å². The third-order valence-corrected chi connectivity index (χ3v) is 4.04. The molecule has 1 aromatic carbocycles. The molecule has 4 heteroatoms. The largest absolute Gasteiger partial charge is 0.265 e. The summed E-state index contributed by atoms with van der Waals surface area (Å²) in [5.74, 6) is 0.637. The first kappa shape index (κ1) is 14.7. The zero-order chi connectivity index (χ0) is 15.5. The van der Waals surface area contributed by atoms with Crippen LogP contribution in [0.1, 0.15) is 22.4 Å². The van der Waals surface area contributed by atoms with Gasteiger partial charge in [0.05, 0.1) is 0 Å². The van der Waals surface area contributed by atoms with Crippen molar-refractivity contribution in [3.8, 4) is 11.4 Å². The van der Waals surface area contributed by atoms with E-state index in [2.05, 4.69) is 34.0 Å². The maximum absolute atomic E-state index is 6.42. The Hall–Kier alpha value is -2.26. The molecule has 0 unspecified atom stereocenters. The van der Waals surface area contributed by atoms with Crippen LogP contribution in [-0.2, 0) is 6.42 Å². The highest BCUT2D eigenvalue weighted by molar-refractivity contribution is 6.30. The lowest BCUT2D eigenvalue weighted by Gasteiger charge is -2.11. The zero-order valence-corrected chi connectivity index (χ0v) is 13.3. The zero-order valence-electron chi connectivity index (χ0n) is 12.5. The van der Waals surface area contributed by atoms with Gasteiger partial charge in [0.15, 0.2) is 5.82 Å². The molecule has 3 rings (SSSR count). The van der Waals surface area contributed by atoms with Crippen LogP contribution in [0.25, 0.3) is 11.4 Å². The molecule has 0 fully saturated rings. The first-order valence-electron chi connectivity index (χ1n) is 7.13. The van der Waals surface area contributed by atoms with E-state index in [4.69, 9.17) is 11.6 Å². The van der Waals surface area contributed by atoms with Crippen molar-refractivity contribution in [2.45, 2.75) is 20.3 Å². The molecule has 0 atom stereocenters. The second-order valence-electron chi connectivity index (χ2n) is 5.24. The summed E-state index contributed by atoms with van der Waals surface area (Å²) in [5.41, 5.74) is 5.30. The topological polar surface area (TPSA) is 38.7 Å². The predicted octanol–water partition coefficient (Wildman–Crippen LogP) is 4.40. The van der Waals surface area contributed by atoms with Gasteiger partial charge in [-0.15, -0.1) is 0 Å². The van der Waals surface area contributed by atoms with E-state index in [1.54, 1.807) is 12.4 Å². The van der Waals surface area contributed by atoms with Gasteiger partial charge in [0.1, 0.15) is 5.15 Å². The first-order valence-corrected chi connectivity index (χ1v) is 7.51. The van der Waals surface area contributed by atoms with Crippen molar-refractivity contribution in [2.75, 3.05) is 0 Å². The van der Waals surface area contributed by atoms with E-state index in [1.807, 2.05) is 31.2 Å². The van der Waals surface area contributed by atoms with Crippen molar-refractivity contribution >= 4 is 11.6 Å². The Balaban J connectivity index is 1.99. The maximum atomic E-state index is 6.42. The minimum Gasteiger partial charge on any atom is -0.265 e. The third-order valence-electron chi connectivity index (χ3n) is 3.73. The molecule has 2 heterocycles. The Morgan fingerprint density at radius 1 is 0.955 bits per heavy atom. The van der Waals surface area contributed by atoms with Gasteiger partial charge in [-0.1, -0.05) is 35.9 Å². The normalized spacial score (nSPS) is 10.7. The van der Waals surface area contributed by atoms with Crippen LogP contribution < -0.4 is 0 Å². The summed E-state index contributed by atoms with van der Waals surface area (Å²) in [6.07, 6.45) is 4.19. The molecule has 22 heavy (non-hydrogen) atoms. The summed E-state index contributed by atoms with van der Waals surface area (Å²) < 4.78 is 0. The molecule has 0 saturated heterocycles. The van der Waals surface area contributed by atoms with Crippen LogP contribution >= 0.6 is 11.6 Å². The molecule has 0 radical (unpaired) electrons. The smallest absolute Gasteiger partial charge is 0.161 e. The van der Waals surface area contributed by atoms with Gasteiger partial charge in [0.25, 0.3) is 0 Å². The van der Waals surface area contributed by atoms with E-state index in [-0.39, 0.29) is 0 Å². The lowest BCUT2D eigenvalue weighted by Crippen LogP contribution is -2.02. The molecular formula is C18H16ClN3. The Kier molecular flexibility index (Phi) is 4.16. The fourth-order valence-corrected chi connectivity index (χ4v) is 2.67. The van der Waals surface area contributed by atoms with Crippen molar-refractivity contribution in [3.63, 3.8) is 0 Å². The minimum atomic E-state index is 0.516. The monoisotopic (exact) mass is 309 g/mol. The molecular weight excluding hydrogens is 294 g/mol. The molecule has 3 nitrogen and oxygen atoms in total. The second-order valence-corrected chi connectivity index (χ2v) is 5.60. The van der Waals surface area contributed by atoms with Crippen molar-refractivity contribution in [1.29, 1.82) is 0 Å². The van der Waals surface area contributed by atoms with Gasteiger partial charge in [-0.25, -0.2) is 9.97 Å². The van der Waals surface area contributed by atoms with Crippen molar-refractivity contribution < 1.29 is 0 Å². The Morgan fingerprint density at radius 3 is 2.36 bits per heavy atom. The van der Waals surface area contributed by atoms with Gasteiger partial charge in [-0.3, -0.25) is 4.98 Å². The van der Waals surface area contributed by atoms with E-state index in [9.17, 15) is 0 Å². The standard InChI is InChI=1S/C18H16ClN3/c1-12-5-3-4-6-15(12)11-16-13(2)21-18(22-17(16)19)14-7-9-20-10-8-14/h3-10H,11H2,1-2H3. The molecule has 2 aromatic heterocycles. The molecule has 0 amide bonds. The summed E-state index contributed by atoms with van der Waals surface area (Å²) in [6, 6.07) is 12.1. The first-order chi connectivity index (χ1) is 10.6. The predicted molar refractivity (Wildman–Crippen MR) is 89.0 cm³/mol. The van der Waals surface area contributed by atoms with Crippen molar-refractivity contribution in [2.24, 2.45) is 0 Å². The Morgan fingerprint density at radius 2 is 1.68 bits per heavy atom. The molecule has 3 aromatic rings. The van der Waals surface area contributed by atoms with Crippen LogP contribution in [-0.4, -0.2) is 15.0 Å². The fraction of sp³-hybridized carbons (Fsp3) is 0.167. The Bertz CT molecular complexity index is 777. The Labute approximate surface area is 135 Å². The third kappa shape index (κ3) is 3.00. The summed E-state index contributed by atoms with van der Waals surface area (Å²) in [4.78, 5) is 13.1. The van der Waals surface area contributed by atoms with E-state index in [0.29, 0.717) is 11.0 Å². The van der Waals surface area contributed by atoms with Crippen LogP contribution in [0.15, 0.2) is 48.8 Å². The number of hydrogen-bond acceptors (Lipinski definition) is 3. The molecule has 0 aliphatic carbocycles. The molecule has 0 bridgehead atoms. The fourth-order valence-electron chi connectivity index (χ4n) is 2.39. The highest BCUT2D eigenvalue weighted by atomic mass is 35.5. The van der Waals surface area contributed by atoms with Gasteiger partial charge >= 0.3 is 0 Å². The summed E-state index contributed by atoms with van der Waals surface area (Å²) in [7, 11) is 0. The number of rotatable bonds is 3. The number of halogens is 1. The SMILES string of the molecule is Cc1ccccc1Cc1c(C)nc(-c2ccncc2)nc1Cl. The summed E-state index contributed by atoms with van der Waals surface area (Å²) >= 11 is 6.42. The van der Waals surface area contributed by atoms with E-state index < -0.39 is 0 Å². The van der Waals surface area contributed by atoms with Gasteiger partial charge in [0.2, 0.25) is 0 Å². The van der Waals surface area contributed by atoms with E-state index in [1.165, 1.54) is 11.1 Å². The minimum absolute atomic E-state index is 0.516. The quantitative estimate of drug-likeness (QED) is 0.673. The lowest BCUT2D eigenvalue weighted by molar-refractivity contribution is 1.02. The summed E-state index contributed by atoms with van der Waals surface area (Å²) in [5, 5.41) is 0.516. The maximum Gasteiger partial charge on any atom is 0.161 e. The van der Waals surface area contributed by atoms with Crippen LogP contribution in [0.2, 0.25) is 5.15 Å². The molecule has 110 valence electrons. The summed E-state index contributed by atoms with van der Waals surface area (Å²) in [6.45, 7) is 4.08. The number of benzene rings is 1. The van der Waals surface area contributed by atoms with E-state index in [0.717, 1.165) is 23.2 Å². The van der Waals surface area contributed by atoms with Crippen molar-refractivity contribution in [1.82, 2.24) is 15.0 Å². The molecule has 0 saturated carbocycles. The van der Waals surface area contributed by atoms with Gasteiger partial charge < -0.3 is 0 Å². The van der Waals surface area contributed by atoms with Crippen molar-refractivity contribution in [3.05, 3.63) is 76.3 Å². The molecule has 0 N–H and O–H groups in total. The lowest BCUT2D eigenvalue weighted by atomic mass is 10.0. The molecule has 0 aliphatic rings. The average molecular weight is 310 g/mol. The van der Waals surface area contributed by atoms with Crippen LogP contribution in [0.3, 0.4) is 0 Å². The van der Waals surface area contributed by atoms with Gasteiger partial charge in [-0.05, 0) is 37.1 Å². The number of pyridine rings is 1. The van der Waals surface area contributed by atoms with E-state index >= 15 is 0 Å². The number of aryl methyl sites for hydroxylation is 2. The van der Waals surface area contributed by atoms with Crippen LogP contribution in [0, 0.1) is 13.8 Å².